The normalized spacial score (nSPS) is 10.4. The molecule has 0 aliphatic carbocycles. The highest BCUT2D eigenvalue weighted by Gasteiger charge is 1.98. The molecule has 0 heteroatoms. The largest absolute Gasteiger partial charge is 0.189 e. The smallest absolute Gasteiger partial charge is 0.0304 e. The Morgan fingerprint density at radius 3 is 1.88 bits per heavy atom. The predicted molar refractivity (Wildman–Crippen MR) is 75.2 cm³/mol. The van der Waals surface area contributed by atoms with E-state index in [4.69, 9.17) is 0 Å². The Morgan fingerprint density at radius 2 is 1.29 bits per heavy atom. The highest BCUT2D eigenvalue weighted by molar-refractivity contribution is 5.66. The lowest BCUT2D eigenvalue weighted by Crippen LogP contribution is -1.88. The molecule has 2 aromatic rings. The molecule has 0 fully saturated rings. The van der Waals surface area contributed by atoms with E-state index in [9.17, 15) is 0 Å². The summed E-state index contributed by atoms with van der Waals surface area (Å²) >= 11 is 0. The SMILES string of the molecule is C[CH-]c1cc(-c2ccc(C)c(C)c2)ccc1C. The third-order valence-electron chi connectivity index (χ3n) is 3.43. The number of rotatable bonds is 2. The Balaban J connectivity index is 2.49. The summed E-state index contributed by atoms with van der Waals surface area (Å²) in [5.41, 5.74) is 7.96. The van der Waals surface area contributed by atoms with Crippen molar-refractivity contribution >= 4 is 0 Å². The summed E-state index contributed by atoms with van der Waals surface area (Å²) in [6, 6.07) is 13.3. The Hall–Kier alpha value is -1.69. The first-order chi connectivity index (χ1) is 8.11. The van der Waals surface area contributed by atoms with Crippen molar-refractivity contribution in [1.29, 1.82) is 0 Å². The molecule has 0 nitrogen and oxygen atoms in total. The van der Waals surface area contributed by atoms with Gasteiger partial charge >= 0.3 is 0 Å². The molecule has 0 heterocycles. The molecular weight excluding hydrogens is 204 g/mol. The zero-order chi connectivity index (χ0) is 12.4. The fourth-order valence-corrected chi connectivity index (χ4v) is 2.05. The van der Waals surface area contributed by atoms with E-state index < -0.39 is 0 Å². The van der Waals surface area contributed by atoms with Crippen LogP contribution in [0.3, 0.4) is 0 Å². The second kappa shape index (κ2) is 4.67. The molecule has 0 amide bonds. The van der Waals surface area contributed by atoms with Crippen molar-refractivity contribution in [2.45, 2.75) is 27.7 Å². The van der Waals surface area contributed by atoms with E-state index in [1.165, 1.54) is 33.4 Å². The van der Waals surface area contributed by atoms with Gasteiger partial charge in [-0.3, -0.25) is 0 Å². The molecule has 0 aliphatic rings. The van der Waals surface area contributed by atoms with Crippen molar-refractivity contribution in [2.75, 3.05) is 0 Å². The van der Waals surface area contributed by atoms with Crippen LogP contribution in [0.1, 0.15) is 29.2 Å². The second-order valence-electron chi connectivity index (χ2n) is 4.66. The van der Waals surface area contributed by atoms with Gasteiger partial charge in [0.15, 0.2) is 0 Å². The first-order valence-electron chi connectivity index (χ1n) is 6.09. The molecule has 2 aromatic carbocycles. The van der Waals surface area contributed by atoms with E-state index in [0.29, 0.717) is 0 Å². The molecule has 17 heavy (non-hydrogen) atoms. The molecular formula is C17H19-. The third kappa shape index (κ3) is 2.36. The van der Waals surface area contributed by atoms with Gasteiger partial charge in [0.1, 0.15) is 0 Å². The molecule has 2 rings (SSSR count). The summed E-state index contributed by atoms with van der Waals surface area (Å²) in [4.78, 5) is 0. The monoisotopic (exact) mass is 223 g/mol. The lowest BCUT2D eigenvalue weighted by Gasteiger charge is -2.16. The van der Waals surface area contributed by atoms with Crippen molar-refractivity contribution in [3.63, 3.8) is 0 Å². The van der Waals surface area contributed by atoms with Crippen LogP contribution >= 0.6 is 0 Å². The van der Waals surface area contributed by atoms with Gasteiger partial charge in [0, 0.05) is 0 Å². The highest BCUT2D eigenvalue weighted by Crippen LogP contribution is 2.25. The Kier molecular flexibility index (Phi) is 3.23. The van der Waals surface area contributed by atoms with Crippen molar-refractivity contribution in [2.24, 2.45) is 0 Å². The zero-order valence-corrected chi connectivity index (χ0v) is 11.0. The summed E-state index contributed by atoms with van der Waals surface area (Å²) in [7, 11) is 0. The van der Waals surface area contributed by atoms with Gasteiger partial charge in [0.05, 0.1) is 0 Å². The van der Waals surface area contributed by atoms with Gasteiger partial charge in [0.25, 0.3) is 0 Å². The van der Waals surface area contributed by atoms with E-state index >= 15 is 0 Å². The standard InChI is InChI=1S/C17H19/c1-5-15-11-17(9-7-13(15)3)16-8-6-12(2)14(4)10-16/h5-11H,1-4H3/q-1. The Labute approximate surface area is 104 Å². The molecule has 0 spiro atoms. The van der Waals surface area contributed by atoms with Crippen LogP contribution in [0.4, 0.5) is 0 Å². The molecule has 0 radical (unpaired) electrons. The number of aryl methyl sites for hydroxylation is 3. The van der Waals surface area contributed by atoms with Crippen LogP contribution in [-0.2, 0) is 0 Å². The van der Waals surface area contributed by atoms with E-state index in [0.717, 1.165) is 0 Å². The number of hydrogen-bond acceptors (Lipinski definition) is 0. The van der Waals surface area contributed by atoms with E-state index in [-0.39, 0.29) is 0 Å². The quantitative estimate of drug-likeness (QED) is 0.638. The number of hydrogen-bond donors (Lipinski definition) is 0. The van der Waals surface area contributed by atoms with Gasteiger partial charge in [-0.15, -0.1) is 6.07 Å². The van der Waals surface area contributed by atoms with E-state index in [1.54, 1.807) is 0 Å². The molecule has 0 saturated carbocycles. The zero-order valence-electron chi connectivity index (χ0n) is 11.0. The van der Waals surface area contributed by atoms with Gasteiger partial charge in [-0.25, -0.2) is 0 Å². The van der Waals surface area contributed by atoms with Crippen molar-refractivity contribution in [3.8, 4) is 11.1 Å². The van der Waals surface area contributed by atoms with Crippen LogP contribution in [0.5, 0.6) is 0 Å². The number of benzene rings is 2. The predicted octanol–water partition coefficient (Wildman–Crippen LogP) is 4.85. The maximum Gasteiger partial charge on any atom is -0.0304 e. The van der Waals surface area contributed by atoms with Crippen LogP contribution in [-0.4, -0.2) is 0 Å². The first kappa shape index (κ1) is 11.8. The van der Waals surface area contributed by atoms with Crippen LogP contribution in [0, 0.1) is 27.2 Å². The van der Waals surface area contributed by atoms with Gasteiger partial charge in [-0.05, 0) is 30.5 Å². The summed E-state index contributed by atoms with van der Waals surface area (Å²) in [5.74, 6) is 0. The van der Waals surface area contributed by atoms with Crippen LogP contribution < -0.4 is 0 Å². The molecule has 0 atom stereocenters. The van der Waals surface area contributed by atoms with Crippen molar-refractivity contribution in [1.82, 2.24) is 0 Å². The minimum absolute atomic E-state index is 1.30. The van der Waals surface area contributed by atoms with Gasteiger partial charge in [-0.2, -0.15) is 23.6 Å². The summed E-state index contributed by atoms with van der Waals surface area (Å²) < 4.78 is 0. The fourth-order valence-electron chi connectivity index (χ4n) is 2.05. The fraction of sp³-hybridized carbons (Fsp3) is 0.235. The molecule has 0 aromatic heterocycles. The Morgan fingerprint density at radius 1 is 0.706 bits per heavy atom. The average Bonchev–Trinajstić information content (AvgIpc) is 2.33. The first-order valence-corrected chi connectivity index (χ1v) is 6.09. The Bertz CT molecular complexity index is 536. The third-order valence-corrected chi connectivity index (χ3v) is 3.43. The molecule has 0 bridgehead atoms. The van der Waals surface area contributed by atoms with Gasteiger partial charge < -0.3 is 0 Å². The lowest BCUT2D eigenvalue weighted by molar-refractivity contribution is 1.32. The van der Waals surface area contributed by atoms with E-state index in [2.05, 4.69) is 70.5 Å². The molecule has 0 N–H and O–H groups in total. The summed E-state index contributed by atoms with van der Waals surface area (Å²) in [6.45, 7) is 8.56. The summed E-state index contributed by atoms with van der Waals surface area (Å²) in [6.07, 6.45) is 2.17. The van der Waals surface area contributed by atoms with Crippen LogP contribution in [0.25, 0.3) is 11.1 Å². The van der Waals surface area contributed by atoms with E-state index in [1.807, 2.05) is 0 Å². The minimum Gasteiger partial charge on any atom is -0.189 e. The molecule has 88 valence electrons. The maximum atomic E-state index is 2.26. The molecule has 0 aliphatic heterocycles. The topological polar surface area (TPSA) is 0 Å². The van der Waals surface area contributed by atoms with Gasteiger partial charge in [0.2, 0.25) is 0 Å². The molecule has 0 saturated heterocycles. The van der Waals surface area contributed by atoms with Crippen molar-refractivity contribution < 1.29 is 0 Å². The second-order valence-corrected chi connectivity index (χ2v) is 4.66. The minimum atomic E-state index is 1.30. The highest BCUT2D eigenvalue weighted by atomic mass is 14.1. The van der Waals surface area contributed by atoms with Crippen LogP contribution in [0.15, 0.2) is 36.4 Å². The summed E-state index contributed by atoms with van der Waals surface area (Å²) in [5, 5.41) is 0. The maximum absolute atomic E-state index is 2.26. The average molecular weight is 223 g/mol. The van der Waals surface area contributed by atoms with Gasteiger partial charge in [-0.1, -0.05) is 43.7 Å². The molecule has 0 unspecified atom stereocenters. The lowest BCUT2D eigenvalue weighted by atomic mass is 9.96. The van der Waals surface area contributed by atoms with Crippen molar-refractivity contribution in [3.05, 3.63) is 65.1 Å². The van der Waals surface area contributed by atoms with Crippen LogP contribution in [0.2, 0.25) is 0 Å².